The van der Waals surface area contributed by atoms with Crippen molar-refractivity contribution in [1.82, 2.24) is 4.90 Å². The Hall–Kier alpha value is -2.30. The van der Waals surface area contributed by atoms with Crippen LogP contribution in [0.3, 0.4) is 0 Å². The molecule has 1 aliphatic rings. The molecule has 1 saturated heterocycles. The van der Waals surface area contributed by atoms with Crippen molar-refractivity contribution >= 4 is 66.8 Å². The van der Waals surface area contributed by atoms with E-state index < -0.39 is 29.3 Å². The van der Waals surface area contributed by atoms with Gasteiger partial charge in [-0.2, -0.15) is 0 Å². The van der Waals surface area contributed by atoms with E-state index in [0.29, 0.717) is 28.1 Å². The van der Waals surface area contributed by atoms with E-state index in [-0.39, 0.29) is 4.91 Å². The highest BCUT2D eigenvalue weighted by Gasteiger charge is 2.37. The molecule has 0 saturated carbocycles. The Balaban J connectivity index is 1.77. The summed E-state index contributed by atoms with van der Waals surface area (Å²) in [5.74, 6) is -0.208. The molecule has 2 aromatic rings. The lowest BCUT2D eigenvalue weighted by Crippen LogP contribution is -2.37. The van der Waals surface area contributed by atoms with Crippen LogP contribution in [0.1, 0.15) is 31.9 Å². The lowest BCUT2D eigenvalue weighted by atomic mass is 10.1. The third-order valence-corrected chi connectivity index (χ3v) is 6.58. The lowest BCUT2D eigenvalue weighted by Gasteiger charge is -2.21. The Morgan fingerprint density at radius 1 is 1.09 bits per heavy atom. The highest BCUT2D eigenvalue weighted by atomic mass is 79.9. The van der Waals surface area contributed by atoms with Gasteiger partial charge in [0.2, 0.25) is 0 Å². The summed E-state index contributed by atoms with van der Waals surface area (Å²) in [5.41, 5.74) is 0.900. The number of esters is 1. The van der Waals surface area contributed by atoms with Crippen LogP contribution in [-0.2, 0) is 20.9 Å². The molecule has 10 heteroatoms. The van der Waals surface area contributed by atoms with Crippen molar-refractivity contribution in [2.24, 2.45) is 0 Å². The van der Waals surface area contributed by atoms with Crippen LogP contribution >= 0.6 is 43.6 Å². The molecule has 0 N–H and O–H groups in total. The van der Waals surface area contributed by atoms with Crippen molar-refractivity contribution < 1.29 is 28.6 Å². The standard InChI is InChI=1S/C24H23Br2NO6S/c1-24(2,3)33-21(28)12-27-22(29)20(34-23(27)30)10-15-9-18(31-4)19(11-17(15)26)32-13-14-5-7-16(25)8-6-14/h5-11H,12-13H2,1-4H3. The fraction of sp³-hybridized carbons (Fsp3) is 0.292. The zero-order chi connectivity index (χ0) is 25.0. The van der Waals surface area contributed by atoms with Crippen molar-refractivity contribution in [2.45, 2.75) is 33.0 Å². The number of methoxy groups -OCH3 is 1. The Labute approximate surface area is 219 Å². The van der Waals surface area contributed by atoms with Gasteiger partial charge in [-0.25, -0.2) is 0 Å². The van der Waals surface area contributed by atoms with E-state index in [2.05, 4.69) is 31.9 Å². The monoisotopic (exact) mass is 611 g/mol. The molecule has 0 unspecified atom stereocenters. The van der Waals surface area contributed by atoms with Crippen molar-refractivity contribution in [3.8, 4) is 11.5 Å². The highest BCUT2D eigenvalue weighted by Crippen LogP contribution is 2.38. The summed E-state index contributed by atoms with van der Waals surface area (Å²) in [6.45, 7) is 5.06. The number of hydrogen-bond donors (Lipinski definition) is 0. The number of ether oxygens (including phenoxy) is 3. The van der Waals surface area contributed by atoms with Crippen LogP contribution in [0.5, 0.6) is 11.5 Å². The molecule has 0 aromatic heterocycles. The van der Waals surface area contributed by atoms with Gasteiger partial charge in [0.1, 0.15) is 18.8 Å². The zero-order valence-electron chi connectivity index (χ0n) is 19.0. The molecule has 0 aliphatic carbocycles. The van der Waals surface area contributed by atoms with Crippen molar-refractivity contribution in [3.05, 3.63) is 61.4 Å². The molecule has 7 nitrogen and oxygen atoms in total. The minimum Gasteiger partial charge on any atom is -0.493 e. The predicted octanol–water partition coefficient (Wildman–Crippen LogP) is 6.18. The Kier molecular flexibility index (Phi) is 8.48. The van der Waals surface area contributed by atoms with Gasteiger partial charge >= 0.3 is 5.97 Å². The number of hydrogen-bond acceptors (Lipinski definition) is 7. The highest BCUT2D eigenvalue weighted by molar-refractivity contribution is 9.10. The maximum absolute atomic E-state index is 12.8. The smallest absolute Gasteiger partial charge is 0.326 e. The lowest BCUT2D eigenvalue weighted by molar-refractivity contribution is -0.156. The average Bonchev–Trinajstić information content (AvgIpc) is 3.00. The topological polar surface area (TPSA) is 82.1 Å². The first-order chi connectivity index (χ1) is 16.0. The van der Waals surface area contributed by atoms with E-state index in [1.807, 2.05) is 24.3 Å². The second-order valence-corrected chi connectivity index (χ2v) is 11.1. The third-order valence-electron chi connectivity index (χ3n) is 4.46. The zero-order valence-corrected chi connectivity index (χ0v) is 23.0. The molecule has 1 aliphatic heterocycles. The van der Waals surface area contributed by atoms with Crippen LogP contribution in [0.4, 0.5) is 4.79 Å². The van der Waals surface area contributed by atoms with E-state index in [9.17, 15) is 14.4 Å². The summed E-state index contributed by atoms with van der Waals surface area (Å²) in [6.07, 6.45) is 1.57. The van der Waals surface area contributed by atoms with Gasteiger partial charge in [-0.15, -0.1) is 0 Å². The number of carbonyl (C=O) groups is 3. The van der Waals surface area contributed by atoms with Crippen LogP contribution in [0.2, 0.25) is 0 Å². The van der Waals surface area contributed by atoms with Crippen molar-refractivity contribution in [1.29, 1.82) is 0 Å². The van der Waals surface area contributed by atoms with Gasteiger partial charge in [0.05, 0.1) is 12.0 Å². The Bertz CT molecular complexity index is 1140. The van der Waals surface area contributed by atoms with Gasteiger partial charge < -0.3 is 14.2 Å². The number of amides is 2. The minimum absolute atomic E-state index is 0.194. The number of thioether (sulfide) groups is 1. The molecule has 2 aromatic carbocycles. The summed E-state index contributed by atoms with van der Waals surface area (Å²) in [7, 11) is 1.52. The SMILES string of the molecule is COc1cc(C=C2SC(=O)N(CC(=O)OC(C)(C)C)C2=O)c(Br)cc1OCc1ccc(Br)cc1. The normalized spacial score (nSPS) is 15.1. The fourth-order valence-corrected chi connectivity index (χ4v) is 4.49. The average molecular weight is 613 g/mol. The third kappa shape index (κ3) is 6.86. The van der Waals surface area contributed by atoms with E-state index in [4.69, 9.17) is 14.2 Å². The van der Waals surface area contributed by atoms with E-state index in [1.54, 1.807) is 39.0 Å². The number of benzene rings is 2. The molecule has 3 rings (SSSR count). The number of halogens is 2. The summed E-state index contributed by atoms with van der Waals surface area (Å²) in [4.78, 5) is 38.3. The van der Waals surface area contributed by atoms with Crippen LogP contribution < -0.4 is 9.47 Å². The molecule has 1 heterocycles. The van der Waals surface area contributed by atoms with E-state index in [0.717, 1.165) is 26.7 Å². The summed E-state index contributed by atoms with van der Waals surface area (Å²) < 4.78 is 18.2. The molecular formula is C24H23Br2NO6S. The molecule has 0 bridgehead atoms. The maximum Gasteiger partial charge on any atom is 0.326 e. The molecule has 1 fully saturated rings. The summed E-state index contributed by atoms with van der Waals surface area (Å²) in [6, 6.07) is 11.2. The van der Waals surface area contributed by atoms with Gasteiger partial charge in [0, 0.05) is 8.95 Å². The van der Waals surface area contributed by atoms with Gasteiger partial charge in [-0.3, -0.25) is 19.3 Å². The molecule has 2 amide bonds. The number of carbonyl (C=O) groups excluding carboxylic acids is 3. The predicted molar refractivity (Wildman–Crippen MR) is 138 cm³/mol. The van der Waals surface area contributed by atoms with Crippen molar-refractivity contribution in [2.75, 3.05) is 13.7 Å². The maximum atomic E-state index is 12.8. The van der Waals surface area contributed by atoms with Crippen LogP contribution in [0, 0.1) is 0 Å². The van der Waals surface area contributed by atoms with E-state index >= 15 is 0 Å². The molecular weight excluding hydrogens is 590 g/mol. The largest absolute Gasteiger partial charge is 0.493 e. The second kappa shape index (κ2) is 11.0. The van der Waals surface area contributed by atoms with Gasteiger partial charge in [0.25, 0.3) is 11.1 Å². The van der Waals surface area contributed by atoms with Gasteiger partial charge in [-0.05, 0) is 74.0 Å². The van der Waals surface area contributed by atoms with Gasteiger partial charge in [0.15, 0.2) is 11.5 Å². The molecule has 180 valence electrons. The fourth-order valence-electron chi connectivity index (χ4n) is 2.96. The van der Waals surface area contributed by atoms with Gasteiger partial charge in [-0.1, -0.05) is 44.0 Å². The summed E-state index contributed by atoms with van der Waals surface area (Å²) >= 11 is 7.67. The van der Waals surface area contributed by atoms with Crippen molar-refractivity contribution in [3.63, 3.8) is 0 Å². The van der Waals surface area contributed by atoms with Crippen LogP contribution in [0.25, 0.3) is 6.08 Å². The molecule has 0 spiro atoms. The first kappa shape index (κ1) is 26.3. The minimum atomic E-state index is -0.711. The number of nitrogens with zero attached hydrogens (tertiary/aromatic N) is 1. The Morgan fingerprint density at radius 3 is 2.38 bits per heavy atom. The quantitative estimate of drug-likeness (QED) is 0.273. The Morgan fingerprint density at radius 2 is 1.76 bits per heavy atom. The van der Waals surface area contributed by atoms with E-state index in [1.165, 1.54) is 7.11 Å². The first-order valence-electron chi connectivity index (χ1n) is 10.2. The second-order valence-electron chi connectivity index (χ2n) is 8.29. The van der Waals surface area contributed by atoms with Crippen LogP contribution in [0.15, 0.2) is 50.2 Å². The number of rotatable bonds is 7. The summed E-state index contributed by atoms with van der Waals surface area (Å²) in [5, 5.41) is -0.528. The number of imide groups is 1. The first-order valence-corrected chi connectivity index (χ1v) is 12.6. The molecule has 0 radical (unpaired) electrons. The molecule has 34 heavy (non-hydrogen) atoms. The molecule has 0 atom stereocenters. The van der Waals surface area contributed by atoms with Crippen LogP contribution in [-0.4, -0.2) is 41.3 Å².